The number of urea groups is 1. The molecule has 0 saturated carbocycles. The molecule has 10 nitrogen and oxygen atoms in total. The molecule has 33 heavy (non-hydrogen) atoms. The summed E-state index contributed by atoms with van der Waals surface area (Å²) in [6, 6.07) is 10.1. The van der Waals surface area contributed by atoms with Crippen LogP contribution in [0.15, 0.2) is 48.7 Å². The number of fused-ring (bicyclic) bond motifs is 1. The number of rotatable bonds is 6. The minimum absolute atomic E-state index is 0.0382. The molecule has 4 rings (SSSR count). The minimum atomic E-state index is -0.563. The van der Waals surface area contributed by atoms with E-state index >= 15 is 0 Å². The zero-order valence-corrected chi connectivity index (χ0v) is 18.2. The second-order valence-electron chi connectivity index (χ2n) is 7.91. The van der Waals surface area contributed by atoms with E-state index in [4.69, 9.17) is 0 Å². The normalized spacial score (nSPS) is 20.3. The van der Waals surface area contributed by atoms with Crippen LogP contribution in [0.4, 0.5) is 10.5 Å². The van der Waals surface area contributed by atoms with Crippen molar-refractivity contribution < 1.29 is 23.9 Å². The van der Waals surface area contributed by atoms with Crippen molar-refractivity contribution in [1.29, 1.82) is 0 Å². The summed E-state index contributed by atoms with van der Waals surface area (Å²) in [5.74, 6) is -1.17. The number of esters is 1. The van der Waals surface area contributed by atoms with Gasteiger partial charge in [0.1, 0.15) is 12.6 Å². The van der Waals surface area contributed by atoms with Gasteiger partial charge in [0.2, 0.25) is 11.8 Å². The quantitative estimate of drug-likeness (QED) is 0.637. The van der Waals surface area contributed by atoms with Gasteiger partial charge in [0.05, 0.1) is 31.0 Å². The Labute approximate surface area is 190 Å². The number of pyridine rings is 1. The topological polar surface area (TPSA) is 121 Å². The number of piperidine rings is 1. The van der Waals surface area contributed by atoms with Gasteiger partial charge >= 0.3 is 12.0 Å². The molecule has 2 saturated heterocycles. The van der Waals surface area contributed by atoms with Gasteiger partial charge in [-0.3, -0.25) is 19.5 Å². The first kappa shape index (κ1) is 22.4. The Morgan fingerprint density at radius 2 is 1.97 bits per heavy atom. The van der Waals surface area contributed by atoms with E-state index in [9.17, 15) is 19.2 Å². The van der Waals surface area contributed by atoms with E-state index in [0.29, 0.717) is 29.9 Å². The van der Waals surface area contributed by atoms with Crippen LogP contribution in [0.5, 0.6) is 0 Å². The summed E-state index contributed by atoms with van der Waals surface area (Å²) in [5, 5.41) is 5.95. The van der Waals surface area contributed by atoms with Crippen LogP contribution in [0.1, 0.15) is 28.9 Å². The first-order valence-corrected chi connectivity index (χ1v) is 10.7. The molecule has 1 aromatic carbocycles. The highest BCUT2D eigenvalue weighted by Gasteiger charge is 2.47. The van der Waals surface area contributed by atoms with Gasteiger partial charge in [-0.15, -0.1) is 0 Å². The van der Waals surface area contributed by atoms with Gasteiger partial charge in [0.15, 0.2) is 0 Å². The zero-order valence-electron chi connectivity index (χ0n) is 18.2. The van der Waals surface area contributed by atoms with Crippen LogP contribution in [0.25, 0.3) is 0 Å². The highest BCUT2D eigenvalue weighted by atomic mass is 16.5. The molecule has 2 atom stereocenters. The SMILES string of the molecule is COC(=O)c1ccc(NC(=O)CN2C(=O)N(Cc3ccccn3)C(=O)C3NCCCC32)cc1. The van der Waals surface area contributed by atoms with Crippen molar-refractivity contribution in [3.8, 4) is 0 Å². The number of carbonyl (C=O) groups excluding carboxylic acids is 4. The molecule has 2 unspecified atom stereocenters. The predicted molar refractivity (Wildman–Crippen MR) is 118 cm³/mol. The molecule has 172 valence electrons. The molecule has 2 aliphatic heterocycles. The van der Waals surface area contributed by atoms with Crippen LogP contribution in [0.2, 0.25) is 0 Å². The molecule has 0 aliphatic carbocycles. The van der Waals surface area contributed by atoms with Crippen LogP contribution in [0.3, 0.4) is 0 Å². The number of hydrogen-bond acceptors (Lipinski definition) is 7. The van der Waals surface area contributed by atoms with E-state index < -0.39 is 30.0 Å². The largest absolute Gasteiger partial charge is 0.465 e. The highest BCUT2D eigenvalue weighted by Crippen LogP contribution is 2.25. The van der Waals surface area contributed by atoms with Gasteiger partial charge in [0, 0.05) is 11.9 Å². The number of amides is 4. The standard InChI is InChI=1S/C23H25N5O5/c1-33-22(31)15-7-9-16(10-8-15)26-19(29)14-27-18-6-4-12-25-20(18)21(30)28(23(27)32)13-17-5-2-3-11-24-17/h2-3,5,7-11,18,20,25H,4,6,12-14H2,1H3,(H,26,29). The maximum Gasteiger partial charge on any atom is 0.337 e. The number of methoxy groups -OCH3 is 1. The van der Waals surface area contributed by atoms with E-state index in [1.54, 1.807) is 48.7 Å². The van der Waals surface area contributed by atoms with E-state index in [1.807, 2.05) is 0 Å². The zero-order chi connectivity index (χ0) is 23.4. The van der Waals surface area contributed by atoms with Crippen molar-refractivity contribution in [1.82, 2.24) is 20.1 Å². The van der Waals surface area contributed by atoms with Crippen LogP contribution in [-0.2, 0) is 20.9 Å². The Morgan fingerprint density at radius 1 is 1.18 bits per heavy atom. The number of anilines is 1. The summed E-state index contributed by atoms with van der Waals surface area (Å²) in [5.41, 5.74) is 1.43. The Morgan fingerprint density at radius 3 is 2.67 bits per heavy atom. The molecule has 10 heteroatoms. The van der Waals surface area contributed by atoms with Crippen LogP contribution in [0, 0.1) is 0 Å². The minimum Gasteiger partial charge on any atom is -0.465 e. The summed E-state index contributed by atoms with van der Waals surface area (Å²) in [6.45, 7) is 0.508. The number of hydrogen-bond donors (Lipinski definition) is 2. The third-order valence-electron chi connectivity index (χ3n) is 5.78. The molecular formula is C23H25N5O5. The molecule has 4 amide bonds. The number of carbonyl (C=O) groups is 4. The number of benzene rings is 1. The van der Waals surface area contributed by atoms with Crippen molar-refractivity contribution in [2.24, 2.45) is 0 Å². The third kappa shape index (κ3) is 4.85. The maximum absolute atomic E-state index is 13.3. The molecule has 2 fully saturated rings. The third-order valence-corrected chi connectivity index (χ3v) is 5.78. The van der Waals surface area contributed by atoms with Crippen LogP contribution in [-0.4, -0.2) is 70.9 Å². The van der Waals surface area contributed by atoms with Gasteiger partial charge in [-0.25, -0.2) is 9.59 Å². The van der Waals surface area contributed by atoms with E-state index in [2.05, 4.69) is 20.4 Å². The molecule has 2 N–H and O–H groups in total. The average molecular weight is 451 g/mol. The fraction of sp³-hybridized carbons (Fsp3) is 0.348. The van der Waals surface area contributed by atoms with Crippen LogP contribution >= 0.6 is 0 Å². The number of nitrogens with zero attached hydrogens (tertiary/aromatic N) is 3. The molecule has 2 aliphatic rings. The van der Waals surface area contributed by atoms with E-state index in [1.165, 1.54) is 12.0 Å². The van der Waals surface area contributed by atoms with Crippen molar-refractivity contribution in [2.75, 3.05) is 25.5 Å². The lowest BCUT2D eigenvalue weighted by molar-refractivity contribution is -0.138. The Hall–Kier alpha value is -3.79. The molecule has 0 bridgehead atoms. The predicted octanol–water partition coefficient (Wildman–Crippen LogP) is 1.39. The van der Waals surface area contributed by atoms with Crippen molar-refractivity contribution in [3.05, 3.63) is 59.9 Å². The summed E-state index contributed by atoms with van der Waals surface area (Å²) in [4.78, 5) is 57.5. The average Bonchev–Trinajstić information content (AvgIpc) is 2.85. The first-order valence-electron chi connectivity index (χ1n) is 10.7. The van der Waals surface area contributed by atoms with Crippen LogP contribution < -0.4 is 10.6 Å². The fourth-order valence-corrected chi connectivity index (χ4v) is 4.17. The first-order chi connectivity index (χ1) is 16.0. The monoisotopic (exact) mass is 451 g/mol. The molecule has 0 radical (unpaired) electrons. The van der Waals surface area contributed by atoms with Gasteiger partial charge in [-0.2, -0.15) is 0 Å². The summed E-state index contributed by atoms with van der Waals surface area (Å²) < 4.78 is 4.67. The Balaban J connectivity index is 1.49. The summed E-state index contributed by atoms with van der Waals surface area (Å²) in [6.07, 6.45) is 3.04. The highest BCUT2D eigenvalue weighted by molar-refractivity contribution is 6.03. The van der Waals surface area contributed by atoms with Crippen molar-refractivity contribution in [3.63, 3.8) is 0 Å². The molecule has 2 aromatic rings. The van der Waals surface area contributed by atoms with Gasteiger partial charge in [-0.05, 0) is 55.8 Å². The summed E-state index contributed by atoms with van der Waals surface area (Å²) >= 11 is 0. The number of nitrogens with one attached hydrogen (secondary N) is 2. The lowest BCUT2D eigenvalue weighted by Gasteiger charge is -2.46. The number of aromatic nitrogens is 1. The van der Waals surface area contributed by atoms with Crippen molar-refractivity contribution >= 4 is 29.5 Å². The lowest BCUT2D eigenvalue weighted by atomic mass is 9.93. The molecule has 1 aromatic heterocycles. The molecular weight excluding hydrogens is 426 g/mol. The van der Waals surface area contributed by atoms with Crippen molar-refractivity contribution in [2.45, 2.75) is 31.5 Å². The number of imide groups is 1. The second-order valence-corrected chi connectivity index (χ2v) is 7.91. The second kappa shape index (κ2) is 9.78. The summed E-state index contributed by atoms with van der Waals surface area (Å²) in [7, 11) is 1.29. The Bertz CT molecular complexity index is 1040. The molecule has 0 spiro atoms. The van der Waals surface area contributed by atoms with Gasteiger partial charge < -0.3 is 20.3 Å². The number of ether oxygens (including phenoxy) is 1. The lowest BCUT2D eigenvalue weighted by Crippen LogP contribution is -2.70. The maximum atomic E-state index is 13.3. The molecule has 3 heterocycles. The Kier molecular flexibility index (Phi) is 6.64. The smallest absolute Gasteiger partial charge is 0.337 e. The van der Waals surface area contributed by atoms with E-state index in [0.717, 1.165) is 11.3 Å². The van der Waals surface area contributed by atoms with Gasteiger partial charge in [-0.1, -0.05) is 6.07 Å². The van der Waals surface area contributed by atoms with E-state index in [-0.39, 0.29) is 19.0 Å². The fourth-order valence-electron chi connectivity index (χ4n) is 4.17. The van der Waals surface area contributed by atoms with Gasteiger partial charge in [0.25, 0.3) is 0 Å².